The molecule has 2 aliphatic heterocycles. The van der Waals surface area contributed by atoms with Gasteiger partial charge in [-0.25, -0.2) is 0 Å². The second kappa shape index (κ2) is 9.48. The molecule has 8 nitrogen and oxygen atoms in total. The van der Waals surface area contributed by atoms with Crippen molar-refractivity contribution in [3.05, 3.63) is 47.1 Å². The number of oxime groups is 1. The van der Waals surface area contributed by atoms with Gasteiger partial charge < -0.3 is 20.3 Å². The molecular formula is C28H36N6O2. The van der Waals surface area contributed by atoms with Crippen LogP contribution in [0.25, 0.3) is 10.9 Å². The van der Waals surface area contributed by atoms with Gasteiger partial charge >= 0.3 is 0 Å². The number of allylic oxidation sites excluding steroid dienone is 2. The van der Waals surface area contributed by atoms with E-state index in [2.05, 4.69) is 59.4 Å². The minimum Gasteiger partial charge on any atom is -0.496 e. The van der Waals surface area contributed by atoms with Gasteiger partial charge in [-0.05, 0) is 58.2 Å². The lowest BCUT2D eigenvalue weighted by Gasteiger charge is -2.29. The Balaban J connectivity index is 1.66. The largest absolute Gasteiger partial charge is 0.496 e. The lowest BCUT2D eigenvalue weighted by Crippen LogP contribution is -2.38. The van der Waals surface area contributed by atoms with Gasteiger partial charge in [-0.15, -0.1) is 0 Å². The van der Waals surface area contributed by atoms with E-state index in [0.717, 1.165) is 57.8 Å². The molecule has 4 unspecified atom stereocenters. The van der Waals surface area contributed by atoms with Crippen molar-refractivity contribution < 1.29 is 9.57 Å². The third kappa shape index (κ3) is 3.88. The summed E-state index contributed by atoms with van der Waals surface area (Å²) in [6.07, 6.45) is 8.87. The summed E-state index contributed by atoms with van der Waals surface area (Å²) in [5.41, 5.74) is 13.8. The Morgan fingerprint density at radius 3 is 2.72 bits per heavy atom. The van der Waals surface area contributed by atoms with Crippen LogP contribution in [0.15, 0.2) is 51.2 Å². The zero-order chi connectivity index (χ0) is 25.6. The number of ether oxygens (including phenoxy) is 1. The molecule has 0 radical (unpaired) electrons. The Morgan fingerprint density at radius 2 is 2.08 bits per heavy atom. The predicted molar refractivity (Wildman–Crippen MR) is 147 cm³/mol. The number of anilines is 1. The van der Waals surface area contributed by atoms with Gasteiger partial charge in [0.05, 0.1) is 36.4 Å². The number of aromatic nitrogens is 1. The van der Waals surface area contributed by atoms with E-state index in [9.17, 15) is 0 Å². The smallest absolute Gasteiger partial charge is 0.137 e. The van der Waals surface area contributed by atoms with E-state index in [1.807, 2.05) is 20.9 Å². The standard InChI is InChI=1S/C28H36N6O2/c1-7-30-26(24-15(2)32-34(5)27(24)18-11-9-8-10-12-18)25-19-14-22(35-6)20(13-21(19)31-28(25)29)23-16(3)33-36-17(23)4/h9,11-14,17,23-24,27,31H,7-8,10,29H2,1-6H3. The highest BCUT2D eigenvalue weighted by molar-refractivity contribution is 6.23. The quantitative estimate of drug-likeness (QED) is 0.557. The van der Waals surface area contributed by atoms with E-state index in [1.54, 1.807) is 7.11 Å². The average Bonchev–Trinajstić information content (AvgIpc) is 3.47. The Hall–Kier alpha value is -3.55. The van der Waals surface area contributed by atoms with Crippen LogP contribution in [0.2, 0.25) is 0 Å². The molecule has 0 bridgehead atoms. The molecule has 2 aromatic rings. The predicted octanol–water partition coefficient (Wildman–Crippen LogP) is 5.03. The first kappa shape index (κ1) is 24.2. The van der Waals surface area contributed by atoms with Crippen molar-refractivity contribution in [2.75, 3.05) is 26.4 Å². The number of aromatic amines is 1. The van der Waals surface area contributed by atoms with Crippen LogP contribution in [0.4, 0.5) is 5.82 Å². The molecule has 0 spiro atoms. The second-order valence-corrected chi connectivity index (χ2v) is 9.86. The fourth-order valence-corrected chi connectivity index (χ4v) is 5.99. The number of methoxy groups -OCH3 is 1. The number of nitrogen functional groups attached to an aromatic ring is 1. The number of nitrogens with two attached hydrogens (primary N) is 1. The summed E-state index contributed by atoms with van der Waals surface area (Å²) in [6.45, 7) is 8.83. The Morgan fingerprint density at radius 1 is 1.28 bits per heavy atom. The lowest BCUT2D eigenvalue weighted by atomic mass is 9.81. The first-order chi connectivity index (χ1) is 17.3. The number of rotatable bonds is 6. The highest BCUT2D eigenvalue weighted by Gasteiger charge is 2.41. The zero-order valence-electron chi connectivity index (χ0n) is 22.0. The summed E-state index contributed by atoms with van der Waals surface area (Å²) in [7, 11) is 3.75. The van der Waals surface area contributed by atoms with Crippen LogP contribution in [0.1, 0.15) is 57.6 Å². The number of fused-ring (bicyclic) bond motifs is 1. The molecule has 0 amide bonds. The normalized spacial score (nSPS) is 26.2. The Kier molecular flexibility index (Phi) is 6.36. The first-order valence-electron chi connectivity index (χ1n) is 12.7. The minimum atomic E-state index is -0.0641. The topological polar surface area (TPSA) is 101 Å². The third-order valence-corrected chi connectivity index (χ3v) is 7.52. The first-order valence-corrected chi connectivity index (χ1v) is 12.7. The molecule has 1 aromatic carbocycles. The van der Waals surface area contributed by atoms with Crippen LogP contribution in [-0.2, 0) is 4.84 Å². The number of nitrogens with one attached hydrogen (secondary N) is 1. The minimum absolute atomic E-state index is 0.00597. The van der Waals surface area contributed by atoms with E-state index in [1.165, 1.54) is 5.57 Å². The van der Waals surface area contributed by atoms with Crippen LogP contribution in [-0.4, -0.2) is 60.0 Å². The van der Waals surface area contributed by atoms with Gasteiger partial charge in [0.25, 0.3) is 0 Å². The van der Waals surface area contributed by atoms with Gasteiger partial charge in [0, 0.05) is 41.3 Å². The maximum Gasteiger partial charge on any atom is 0.137 e. The maximum absolute atomic E-state index is 6.70. The lowest BCUT2D eigenvalue weighted by molar-refractivity contribution is 0.0900. The van der Waals surface area contributed by atoms with Crippen molar-refractivity contribution in [3.8, 4) is 5.75 Å². The summed E-state index contributed by atoms with van der Waals surface area (Å²) in [4.78, 5) is 14.0. The third-order valence-electron chi connectivity index (χ3n) is 7.52. The molecule has 1 aliphatic carbocycles. The maximum atomic E-state index is 6.70. The molecule has 190 valence electrons. The van der Waals surface area contributed by atoms with Gasteiger partial charge in [-0.2, -0.15) is 5.10 Å². The van der Waals surface area contributed by atoms with E-state index in [4.69, 9.17) is 25.4 Å². The monoisotopic (exact) mass is 488 g/mol. The molecule has 36 heavy (non-hydrogen) atoms. The summed E-state index contributed by atoms with van der Waals surface area (Å²) in [6, 6.07) is 4.28. The fourth-order valence-electron chi connectivity index (χ4n) is 5.99. The van der Waals surface area contributed by atoms with Gasteiger partial charge in [-0.1, -0.05) is 23.4 Å². The van der Waals surface area contributed by atoms with Crippen molar-refractivity contribution in [3.63, 3.8) is 0 Å². The molecule has 0 saturated carbocycles. The van der Waals surface area contributed by atoms with Crippen molar-refractivity contribution >= 4 is 33.9 Å². The summed E-state index contributed by atoms with van der Waals surface area (Å²) in [5, 5.41) is 12.1. The molecule has 0 fully saturated rings. The van der Waals surface area contributed by atoms with Gasteiger partial charge in [0.1, 0.15) is 17.7 Å². The number of nitrogens with zero attached hydrogens (tertiary/aromatic N) is 4. The van der Waals surface area contributed by atoms with Crippen molar-refractivity contribution in [2.24, 2.45) is 21.2 Å². The van der Waals surface area contributed by atoms with Gasteiger partial charge in [-0.3, -0.25) is 10.0 Å². The molecule has 4 atom stereocenters. The fraction of sp³-hybridized carbons (Fsp3) is 0.464. The van der Waals surface area contributed by atoms with Crippen molar-refractivity contribution in [1.29, 1.82) is 0 Å². The highest BCUT2D eigenvalue weighted by Crippen LogP contribution is 2.41. The van der Waals surface area contributed by atoms with Crippen molar-refractivity contribution in [2.45, 2.75) is 58.6 Å². The van der Waals surface area contributed by atoms with Gasteiger partial charge in [0.15, 0.2) is 0 Å². The van der Waals surface area contributed by atoms with Crippen molar-refractivity contribution in [1.82, 2.24) is 9.99 Å². The average molecular weight is 489 g/mol. The van der Waals surface area contributed by atoms with E-state index < -0.39 is 0 Å². The second-order valence-electron chi connectivity index (χ2n) is 9.86. The number of likely N-dealkylation sites (N-methyl/N-ethyl adjacent to an activating group) is 1. The highest BCUT2D eigenvalue weighted by atomic mass is 16.6. The number of H-pyrrole nitrogens is 1. The summed E-state index contributed by atoms with van der Waals surface area (Å²) >= 11 is 0. The molecule has 3 heterocycles. The number of hydrazone groups is 1. The molecule has 3 aliphatic rings. The Bertz CT molecular complexity index is 1330. The van der Waals surface area contributed by atoms with E-state index in [0.29, 0.717) is 12.4 Å². The zero-order valence-corrected chi connectivity index (χ0v) is 22.0. The summed E-state index contributed by atoms with van der Waals surface area (Å²) in [5.74, 6) is 1.41. The van der Waals surface area contributed by atoms with Crippen LogP contribution < -0.4 is 10.5 Å². The van der Waals surface area contributed by atoms with E-state index >= 15 is 0 Å². The number of benzene rings is 1. The van der Waals surface area contributed by atoms with Crippen LogP contribution in [0.5, 0.6) is 5.75 Å². The number of hydrogen-bond acceptors (Lipinski definition) is 7. The SMILES string of the molecule is CCN=C(c1c(N)[nH]c2cc(C3C(C)=NOC3C)c(OC)cc12)C1C(C)=NN(C)C1C1=CCCC=C1. The Labute approximate surface area is 212 Å². The summed E-state index contributed by atoms with van der Waals surface area (Å²) < 4.78 is 5.89. The number of hydrogen-bond donors (Lipinski definition) is 2. The van der Waals surface area contributed by atoms with Crippen LogP contribution in [0.3, 0.4) is 0 Å². The molecule has 3 N–H and O–H groups in total. The van der Waals surface area contributed by atoms with Crippen LogP contribution >= 0.6 is 0 Å². The molecule has 8 heteroatoms. The van der Waals surface area contributed by atoms with E-state index in [-0.39, 0.29) is 24.0 Å². The van der Waals surface area contributed by atoms with Gasteiger partial charge in [0.2, 0.25) is 0 Å². The molecule has 5 rings (SSSR count). The molecular weight excluding hydrogens is 452 g/mol. The number of aliphatic imine (C=N–C) groups is 1. The molecule has 0 saturated heterocycles. The molecule has 1 aromatic heterocycles. The van der Waals surface area contributed by atoms with Crippen LogP contribution in [0, 0.1) is 5.92 Å².